The normalized spacial score (nSPS) is 12.1. The smallest absolute Gasteiger partial charge is 0.475 e. The van der Waals surface area contributed by atoms with E-state index < -0.39 is 47.4 Å². The van der Waals surface area contributed by atoms with E-state index in [1.807, 2.05) is 85.1 Å². The molecule has 0 bridgehead atoms. The third-order valence-corrected chi connectivity index (χ3v) is 10.1. The van der Waals surface area contributed by atoms with E-state index in [9.17, 15) is 37.1 Å². The number of carboxylic acids is 1. The summed E-state index contributed by atoms with van der Waals surface area (Å²) in [6.07, 6.45) is -1.57. The standard InChI is InChI=1S/C28H36N8O3.C20H30N2O6.C2HF3O2/c1-28(2,29)27(38)32-24(19-39-18-20-9-4-3-5-10-20)26-33-34-35-36(26)16-8-13-25(37)30-15-14-21-17-31-23-12-7-6-11-22(21)23;1-20(2,3)28-19(25)22-16(14-27-13-15-9-6-5-7-10-15)18(24)21-12-8-11-17(23)26-4;3-2(4,5)1(6)7/h3-7,9-12,17,24,31H,8,13-16,18-19,29H2,1-2H3,(H,30,37)(H,32,38);5-7,9-10,16H,8,11-14H2,1-4H3,(H,21,24)(H,22,25);(H,6,7)/t24-;16-;/m11./s1. The molecule has 5 rings (SSSR count). The molecule has 74 heavy (non-hydrogen) atoms. The van der Waals surface area contributed by atoms with Gasteiger partial charge in [-0.3, -0.25) is 19.2 Å². The lowest BCUT2D eigenvalue weighted by atomic mass is 10.1. The van der Waals surface area contributed by atoms with E-state index in [0.29, 0.717) is 51.4 Å². The number of aromatic nitrogens is 5. The van der Waals surface area contributed by atoms with Crippen LogP contribution in [0.5, 0.6) is 0 Å². The third kappa shape index (κ3) is 23.9. The molecule has 0 unspecified atom stereocenters. The van der Waals surface area contributed by atoms with Crippen molar-refractivity contribution in [3.05, 3.63) is 114 Å². The Balaban J connectivity index is 0.000000361. The molecule has 404 valence electrons. The number of aryl methyl sites for hydroxylation is 1. The van der Waals surface area contributed by atoms with E-state index in [-0.39, 0.29) is 44.0 Å². The third-order valence-electron chi connectivity index (χ3n) is 10.1. The van der Waals surface area contributed by atoms with E-state index in [4.69, 9.17) is 29.8 Å². The molecule has 0 saturated carbocycles. The molecule has 0 spiro atoms. The summed E-state index contributed by atoms with van der Waals surface area (Å²) in [6.45, 7) is 10.5. The van der Waals surface area contributed by atoms with Crippen molar-refractivity contribution in [2.75, 3.05) is 33.4 Å². The number of carbonyl (C=O) groups is 6. The Morgan fingerprint density at radius 1 is 0.784 bits per heavy atom. The number of para-hydroxylation sites is 1. The number of rotatable bonds is 24. The van der Waals surface area contributed by atoms with E-state index in [2.05, 4.69) is 52.6 Å². The predicted molar refractivity (Wildman–Crippen MR) is 265 cm³/mol. The molecule has 24 heteroatoms. The number of carboxylic acid groups (broad SMARTS) is 1. The van der Waals surface area contributed by atoms with Crippen molar-refractivity contribution in [2.45, 2.75) is 116 Å². The number of esters is 1. The number of aromatic amines is 1. The average Bonchev–Trinajstić information content (AvgIpc) is 3.99. The van der Waals surface area contributed by atoms with Crippen LogP contribution in [-0.4, -0.2) is 123 Å². The van der Waals surface area contributed by atoms with Gasteiger partial charge >= 0.3 is 24.2 Å². The van der Waals surface area contributed by atoms with Gasteiger partial charge in [-0.2, -0.15) is 13.2 Å². The molecule has 0 aliphatic rings. The number of nitrogens with one attached hydrogen (secondary N) is 5. The first kappa shape index (κ1) is 60.9. The lowest BCUT2D eigenvalue weighted by molar-refractivity contribution is -0.192. The Morgan fingerprint density at radius 3 is 1.96 bits per heavy atom. The number of methoxy groups -OCH3 is 1. The number of carbonyl (C=O) groups excluding carboxylic acids is 5. The Labute approximate surface area is 426 Å². The Kier molecular flexibility index (Phi) is 25.1. The number of ether oxygens (including phenoxy) is 4. The highest BCUT2D eigenvalue weighted by Crippen LogP contribution is 2.18. The molecule has 5 aromatic rings. The van der Waals surface area contributed by atoms with Crippen LogP contribution in [0, 0.1) is 0 Å². The number of fused-ring (bicyclic) bond motifs is 1. The van der Waals surface area contributed by atoms with Gasteiger partial charge in [0, 0.05) is 49.6 Å². The van der Waals surface area contributed by atoms with E-state index in [1.165, 1.54) is 18.1 Å². The number of hydrogen-bond donors (Lipinski definition) is 7. The second-order valence-electron chi connectivity index (χ2n) is 18.0. The fourth-order valence-corrected chi connectivity index (χ4v) is 6.34. The summed E-state index contributed by atoms with van der Waals surface area (Å²) in [5.41, 5.74) is 8.46. The Morgan fingerprint density at radius 2 is 1.38 bits per heavy atom. The minimum atomic E-state index is -5.08. The van der Waals surface area contributed by atoms with Gasteiger partial charge < -0.3 is 56.0 Å². The molecular formula is C50H67F3N10O11. The van der Waals surface area contributed by atoms with Gasteiger partial charge in [0.2, 0.25) is 17.7 Å². The fourth-order valence-electron chi connectivity index (χ4n) is 6.34. The first-order chi connectivity index (χ1) is 35.0. The molecule has 0 aliphatic carbocycles. The quantitative estimate of drug-likeness (QED) is 0.0309. The summed E-state index contributed by atoms with van der Waals surface area (Å²) in [4.78, 5) is 72.8. The van der Waals surface area contributed by atoms with Crippen LogP contribution in [-0.2, 0) is 69.1 Å². The number of alkyl halides is 3. The van der Waals surface area contributed by atoms with Gasteiger partial charge in [0.25, 0.3) is 0 Å². The molecule has 0 aliphatic heterocycles. The molecule has 2 aromatic heterocycles. The zero-order valence-corrected chi connectivity index (χ0v) is 42.3. The minimum Gasteiger partial charge on any atom is -0.475 e. The maximum atomic E-state index is 12.7. The van der Waals surface area contributed by atoms with Crippen molar-refractivity contribution in [2.24, 2.45) is 5.73 Å². The SMILES string of the molecule is CC(C)(N)C(=O)N[C@H](COCc1ccccc1)c1nnnn1CCCC(=O)NCCc1c[nH]c2ccccc12.COC(=O)CCCNC(=O)[C@@H](COCc1ccccc1)NC(=O)OC(C)(C)C.O=C(O)C(F)(F)F. The second-order valence-corrected chi connectivity index (χ2v) is 18.0. The maximum absolute atomic E-state index is 12.7. The molecule has 3 aromatic carbocycles. The van der Waals surface area contributed by atoms with Gasteiger partial charge in [-0.15, -0.1) is 5.10 Å². The molecule has 0 saturated heterocycles. The number of alkyl carbamates (subject to hydrolysis) is 1. The van der Waals surface area contributed by atoms with Crippen molar-refractivity contribution in [3.63, 3.8) is 0 Å². The Hall–Kier alpha value is -7.44. The predicted octanol–water partition coefficient (Wildman–Crippen LogP) is 5.20. The maximum Gasteiger partial charge on any atom is 0.490 e. The van der Waals surface area contributed by atoms with Gasteiger partial charge in [0.15, 0.2) is 5.82 Å². The molecule has 4 amide bonds. The van der Waals surface area contributed by atoms with Gasteiger partial charge in [0.05, 0.1) is 39.1 Å². The van der Waals surface area contributed by atoms with Gasteiger partial charge in [0.1, 0.15) is 17.7 Å². The summed E-state index contributed by atoms with van der Waals surface area (Å²) < 4.78 is 54.6. The number of benzene rings is 3. The Bertz CT molecular complexity index is 2510. The molecular weight excluding hydrogens is 974 g/mol. The fraction of sp³-hybridized carbons (Fsp3) is 0.460. The number of tetrazole rings is 1. The zero-order chi connectivity index (χ0) is 54.7. The highest BCUT2D eigenvalue weighted by Gasteiger charge is 2.38. The zero-order valence-electron chi connectivity index (χ0n) is 42.3. The molecule has 0 fully saturated rings. The molecule has 2 heterocycles. The topological polar surface area (TPSA) is 293 Å². The second kappa shape index (κ2) is 30.6. The largest absolute Gasteiger partial charge is 0.490 e. The molecule has 2 atom stereocenters. The van der Waals surface area contributed by atoms with Crippen molar-refractivity contribution >= 4 is 46.7 Å². The van der Waals surface area contributed by atoms with Gasteiger partial charge in [-0.05, 0) is 87.1 Å². The number of hydrogen-bond acceptors (Lipinski definition) is 14. The molecule has 8 N–H and O–H groups in total. The van der Waals surface area contributed by atoms with Crippen LogP contribution in [0.4, 0.5) is 18.0 Å². The van der Waals surface area contributed by atoms with Crippen LogP contribution in [0.25, 0.3) is 10.9 Å². The van der Waals surface area contributed by atoms with Crippen LogP contribution in [0.2, 0.25) is 0 Å². The summed E-state index contributed by atoms with van der Waals surface area (Å²) in [5, 5.41) is 31.4. The van der Waals surface area contributed by atoms with E-state index in [1.54, 1.807) is 39.3 Å². The monoisotopic (exact) mass is 1040 g/mol. The lowest BCUT2D eigenvalue weighted by Gasteiger charge is -2.23. The molecule has 21 nitrogen and oxygen atoms in total. The van der Waals surface area contributed by atoms with Crippen LogP contribution < -0.4 is 27.0 Å². The number of aliphatic carboxylic acids is 1. The first-order valence-electron chi connectivity index (χ1n) is 23.5. The van der Waals surface area contributed by atoms with Crippen LogP contribution in [0.1, 0.15) is 88.9 Å². The first-order valence-corrected chi connectivity index (χ1v) is 23.5. The van der Waals surface area contributed by atoms with Crippen molar-refractivity contribution in [1.82, 2.24) is 46.5 Å². The van der Waals surface area contributed by atoms with E-state index in [0.717, 1.165) is 23.1 Å². The highest BCUT2D eigenvalue weighted by molar-refractivity contribution is 5.86. The van der Waals surface area contributed by atoms with Gasteiger partial charge in [-0.25, -0.2) is 14.3 Å². The summed E-state index contributed by atoms with van der Waals surface area (Å²) in [6, 6.07) is 25.8. The number of nitrogens with two attached hydrogens (primary N) is 1. The van der Waals surface area contributed by atoms with Crippen LogP contribution in [0.15, 0.2) is 91.1 Å². The van der Waals surface area contributed by atoms with Crippen molar-refractivity contribution in [3.8, 4) is 0 Å². The summed E-state index contributed by atoms with van der Waals surface area (Å²) in [5.74, 6) is -3.45. The number of amides is 4. The van der Waals surface area contributed by atoms with Crippen molar-refractivity contribution in [1.29, 1.82) is 0 Å². The van der Waals surface area contributed by atoms with Gasteiger partial charge in [-0.1, -0.05) is 78.9 Å². The summed E-state index contributed by atoms with van der Waals surface area (Å²) in [7, 11) is 1.31. The summed E-state index contributed by atoms with van der Waals surface area (Å²) >= 11 is 0. The van der Waals surface area contributed by atoms with Crippen LogP contribution in [0.3, 0.4) is 0 Å². The number of nitrogens with zero attached hydrogens (tertiary/aromatic N) is 4. The van der Waals surface area contributed by atoms with Crippen molar-refractivity contribution < 1.29 is 66.0 Å². The highest BCUT2D eigenvalue weighted by atomic mass is 19.4. The molecule has 0 radical (unpaired) electrons. The number of H-pyrrole nitrogens is 1. The van der Waals surface area contributed by atoms with Crippen LogP contribution >= 0.6 is 0 Å². The van der Waals surface area contributed by atoms with E-state index >= 15 is 0 Å². The lowest BCUT2D eigenvalue weighted by Crippen LogP contribution is -2.51. The minimum absolute atomic E-state index is 0.0169. The number of halogens is 3. The average molecular weight is 1040 g/mol.